The van der Waals surface area contributed by atoms with E-state index >= 15 is 0 Å². The number of rotatable bonds is 5. The normalized spacial score (nSPS) is 10.5. The smallest absolute Gasteiger partial charge is 0.161 e. The number of H-pyrrole nitrogens is 1. The minimum Gasteiger partial charge on any atom is -0.493 e. The zero-order chi connectivity index (χ0) is 15.4. The van der Waals surface area contributed by atoms with E-state index in [2.05, 4.69) is 22.1 Å². The summed E-state index contributed by atoms with van der Waals surface area (Å²) in [6.45, 7) is 0. The molecule has 0 bridgehead atoms. The van der Waals surface area contributed by atoms with Gasteiger partial charge in [-0.25, -0.2) is 4.98 Å². The quantitative estimate of drug-likeness (QED) is 0.780. The number of aromatic amines is 1. The van der Waals surface area contributed by atoms with Gasteiger partial charge in [0.15, 0.2) is 11.5 Å². The fraction of sp³-hybridized carbons (Fsp3) is 0.167. The van der Waals surface area contributed by atoms with Gasteiger partial charge in [-0.1, -0.05) is 30.3 Å². The molecule has 22 heavy (non-hydrogen) atoms. The third kappa shape index (κ3) is 2.81. The Bertz CT molecular complexity index is 737. The molecule has 112 valence electrons. The fourth-order valence-electron chi connectivity index (χ4n) is 2.53. The Hall–Kier alpha value is -2.75. The van der Waals surface area contributed by atoms with E-state index < -0.39 is 0 Å². The molecule has 0 saturated carbocycles. The molecular weight excluding hydrogens is 276 g/mol. The van der Waals surface area contributed by atoms with Crippen molar-refractivity contribution >= 4 is 0 Å². The second-order valence-electron chi connectivity index (χ2n) is 4.94. The van der Waals surface area contributed by atoms with E-state index in [0.717, 1.165) is 34.0 Å². The lowest BCUT2D eigenvalue weighted by molar-refractivity contribution is 0.355. The monoisotopic (exact) mass is 294 g/mol. The van der Waals surface area contributed by atoms with Crippen LogP contribution in [-0.2, 0) is 6.42 Å². The first-order valence-electron chi connectivity index (χ1n) is 7.10. The second kappa shape index (κ2) is 6.35. The van der Waals surface area contributed by atoms with Crippen molar-refractivity contribution < 1.29 is 9.47 Å². The largest absolute Gasteiger partial charge is 0.493 e. The molecule has 0 radical (unpaired) electrons. The van der Waals surface area contributed by atoms with Crippen molar-refractivity contribution in [1.82, 2.24) is 9.97 Å². The van der Waals surface area contributed by atoms with Crippen molar-refractivity contribution in [2.24, 2.45) is 0 Å². The van der Waals surface area contributed by atoms with Crippen LogP contribution in [0, 0.1) is 0 Å². The van der Waals surface area contributed by atoms with E-state index in [1.54, 1.807) is 20.4 Å². The minimum absolute atomic E-state index is 0.706. The van der Waals surface area contributed by atoms with Crippen LogP contribution in [0.3, 0.4) is 0 Å². The number of nitrogens with one attached hydrogen (secondary N) is 1. The Kier molecular flexibility index (Phi) is 4.10. The summed E-state index contributed by atoms with van der Waals surface area (Å²) in [6, 6.07) is 14.3. The molecule has 3 rings (SSSR count). The molecule has 0 saturated heterocycles. The number of hydrogen-bond acceptors (Lipinski definition) is 3. The van der Waals surface area contributed by atoms with Crippen LogP contribution in [0.1, 0.15) is 11.4 Å². The van der Waals surface area contributed by atoms with Crippen LogP contribution < -0.4 is 9.47 Å². The summed E-state index contributed by atoms with van der Waals surface area (Å²) in [5.41, 5.74) is 3.40. The minimum atomic E-state index is 0.706. The van der Waals surface area contributed by atoms with Crippen LogP contribution in [-0.4, -0.2) is 24.2 Å². The van der Waals surface area contributed by atoms with E-state index in [0.29, 0.717) is 6.42 Å². The average molecular weight is 294 g/mol. The maximum atomic E-state index is 5.44. The third-order valence-electron chi connectivity index (χ3n) is 3.61. The van der Waals surface area contributed by atoms with E-state index in [1.807, 2.05) is 36.5 Å². The molecule has 0 unspecified atom stereocenters. The number of aromatic nitrogens is 2. The number of ether oxygens (including phenoxy) is 2. The molecule has 0 amide bonds. The standard InChI is InChI=1S/C18H18N2O2/c1-21-16-10-14(11-18-19-8-9-20-18)15(12-17(16)22-2)13-6-4-3-5-7-13/h3-10,12H,11H2,1-2H3,(H,19,20). The topological polar surface area (TPSA) is 47.1 Å². The summed E-state index contributed by atoms with van der Waals surface area (Å²) in [4.78, 5) is 7.46. The Morgan fingerprint density at radius 3 is 2.36 bits per heavy atom. The van der Waals surface area contributed by atoms with Crippen LogP contribution in [0.2, 0.25) is 0 Å². The number of benzene rings is 2. The average Bonchev–Trinajstić information content (AvgIpc) is 3.08. The molecule has 1 N–H and O–H groups in total. The molecule has 0 aliphatic carbocycles. The number of nitrogens with zero attached hydrogens (tertiary/aromatic N) is 1. The molecule has 2 aromatic carbocycles. The first-order chi connectivity index (χ1) is 10.8. The predicted octanol–water partition coefficient (Wildman–Crippen LogP) is 3.68. The van der Waals surface area contributed by atoms with Gasteiger partial charge in [-0.15, -0.1) is 0 Å². The van der Waals surface area contributed by atoms with Gasteiger partial charge in [0.2, 0.25) is 0 Å². The highest BCUT2D eigenvalue weighted by atomic mass is 16.5. The van der Waals surface area contributed by atoms with Crippen molar-refractivity contribution in [1.29, 1.82) is 0 Å². The van der Waals surface area contributed by atoms with E-state index in [1.165, 1.54) is 0 Å². The highest BCUT2D eigenvalue weighted by molar-refractivity contribution is 5.71. The lowest BCUT2D eigenvalue weighted by Gasteiger charge is -2.15. The molecule has 0 aliphatic rings. The molecule has 3 aromatic rings. The van der Waals surface area contributed by atoms with Gasteiger partial charge in [-0.05, 0) is 28.8 Å². The van der Waals surface area contributed by atoms with Crippen LogP contribution >= 0.6 is 0 Å². The zero-order valence-electron chi connectivity index (χ0n) is 12.7. The Morgan fingerprint density at radius 2 is 1.73 bits per heavy atom. The van der Waals surface area contributed by atoms with E-state index in [4.69, 9.17) is 9.47 Å². The maximum absolute atomic E-state index is 5.44. The zero-order valence-corrected chi connectivity index (χ0v) is 12.7. The lowest BCUT2D eigenvalue weighted by Crippen LogP contribution is -1.98. The number of methoxy groups -OCH3 is 2. The highest BCUT2D eigenvalue weighted by Crippen LogP contribution is 2.36. The van der Waals surface area contributed by atoms with Gasteiger partial charge < -0.3 is 14.5 Å². The summed E-state index contributed by atoms with van der Waals surface area (Å²) in [6.07, 6.45) is 4.30. The Morgan fingerprint density at radius 1 is 1.00 bits per heavy atom. The Balaban J connectivity index is 2.12. The van der Waals surface area contributed by atoms with Crippen molar-refractivity contribution in [2.45, 2.75) is 6.42 Å². The van der Waals surface area contributed by atoms with Gasteiger partial charge >= 0.3 is 0 Å². The summed E-state index contributed by atoms with van der Waals surface area (Å²) in [5, 5.41) is 0. The third-order valence-corrected chi connectivity index (χ3v) is 3.61. The van der Waals surface area contributed by atoms with Gasteiger partial charge in [0.1, 0.15) is 5.82 Å². The Labute approximate surface area is 129 Å². The molecule has 1 aromatic heterocycles. The summed E-state index contributed by atoms with van der Waals surface area (Å²) < 4.78 is 10.9. The lowest BCUT2D eigenvalue weighted by atomic mass is 9.96. The molecule has 1 heterocycles. The van der Waals surface area contributed by atoms with Gasteiger partial charge in [0, 0.05) is 18.8 Å². The summed E-state index contributed by atoms with van der Waals surface area (Å²) in [7, 11) is 3.30. The molecule has 0 aliphatic heterocycles. The maximum Gasteiger partial charge on any atom is 0.161 e. The van der Waals surface area contributed by atoms with Gasteiger partial charge in [0.25, 0.3) is 0 Å². The molecular formula is C18H18N2O2. The van der Waals surface area contributed by atoms with Crippen LogP contribution in [0.4, 0.5) is 0 Å². The molecule has 0 atom stereocenters. The first-order valence-corrected chi connectivity index (χ1v) is 7.10. The van der Waals surface area contributed by atoms with Crippen LogP contribution in [0.25, 0.3) is 11.1 Å². The van der Waals surface area contributed by atoms with Gasteiger partial charge in [-0.3, -0.25) is 0 Å². The van der Waals surface area contributed by atoms with Crippen molar-refractivity contribution in [3.63, 3.8) is 0 Å². The second-order valence-corrected chi connectivity index (χ2v) is 4.94. The predicted molar refractivity (Wildman–Crippen MR) is 86.4 cm³/mol. The molecule has 0 spiro atoms. The van der Waals surface area contributed by atoms with Crippen molar-refractivity contribution in [2.75, 3.05) is 14.2 Å². The van der Waals surface area contributed by atoms with E-state index in [-0.39, 0.29) is 0 Å². The van der Waals surface area contributed by atoms with Crippen molar-refractivity contribution in [3.8, 4) is 22.6 Å². The van der Waals surface area contributed by atoms with Crippen LogP contribution in [0.5, 0.6) is 11.5 Å². The fourth-order valence-corrected chi connectivity index (χ4v) is 2.53. The molecule has 4 heteroatoms. The number of hydrogen-bond donors (Lipinski definition) is 1. The van der Waals surface area contributed by atoms with Crippen molar-refractivity contribution in [3.05, 3.63) is 66.2 Å². The SMILES string of the molecule is COc1cc(Cc2ncc[nH]2)c(-c2ccccc2)cc1OC. The van der Waals surface area contributed by atoms with Gasteiger partial charge in [0.05, 0.1) is 14.2 Å². The van der Waals surface area contributed by atoms with Gasteiger partial charge in [-0.2, -0.15) is 0 Å². The van der Waals surface area contributed by atoms with E-state index in [9.17, 15) is 0 Å². The summed E-state index contributed by atoms with van der Waals surface area (Å²) in [5.74, 6) is 2.37. The summed E-state index contributed by atoms with van der Waals surface area (Å²) >= 11 is 0. The molecule has 4 nitrogen and oxygen atoms in total. The van der Waals surface area contributed by atoms with Crippen LogP contribution in [0.15, 0.2) is 54.9 Å². The highest BCUT2D eigenvalue weighted by Gasteiger charge is 2.13. The number of imidazole rings is 1. The molecule has 0 fully saturated rings. The first kappa shape index (κ1) is 14.2.